The van der Waals surface area contributed by atoms with Crippen LogP contribution in [0.5, 0.6) is 0 Å². The number of ether oxygens (including phenoxy) is 1. The second-order valence-electron chi connectivity index (χ2n) is 8.53. The molecule has 0 fully saturated rings. The van der Waals surface area contributed by atoms with Gasteiger partial charge in [-0.15, -0.1) is 0 Å². The highest BCUT2D eigenvalue weighted by atomic mass is 16.5. The standard InChI is InChI=1S/C25H28N2O4/c1-5-31-22(29)16-27-24(30)20(15-21(28)25(2,3)4)18-13-9-10-14-19(18)23(26-27)17-11-7-6-8-12-17/h6-14,20H,5,15-16H2,1-4H3. The Balaban J connectivity index is 2.14. The quantitative estimate of drug-likeness (QED) is 0.664. The highest BCUT2D eigenvalue weighted by Crippen LogP contribution is 2.33. The molecular formula is C25H28N2O4. The Morgan fingerprint density at radius 2 is 1.68 bits per heavy atom. The molecule has 0 bridgehead atoms. The third kappa shape index (κ3) is 5.08. The lowest BCUT2D eigenvalue weighted by molar-refractivity contribution is -0.149. The summed E-state index contributed by atoms with van der Waals surface area (Å²) in [4.78, 5) is 38.7. The Labute approximate surface area is 182 Å². The van der Waals surface area contributed by atoms with Gasteiger partial charge in [-0.2, -0.15) is 5.10 Å². The van der Waals surface area contributed by atoms with Gasteiger partial charge in [0.1, 0.15) is 12.3 Å². The molecule has 3 rings (SSSR count). The molecule has 0 spiro atoms. The Morgan fingerprint density at radius 3 is 2.32 bits per heavy atom. The van der Waals surface area contributed by atoms with Gasteiger partial charge in [-0.3, -0.25) is 14.4 Å². The molecular weight excluding hydrogens is 392 g/mol. The Morgan fingerprint density at radius 1 is 1.03 bits per heavy atom. The van der Waals surface area contributed by atoms with Gasteiger partial charge in [0.2, 0.25) is 0 Å². The van der Waals surface area contributed by atoms with Crippen molar-refractivity contribution in [1.29, 1.82) is 0 Å². The first-order valence-electron chi connectivity index (χ1n) is 10.5. The van der Waals surface area contributed by atoms with Crippen molar-refractivity contribution in [1.82, 2.24) is 5.01 Å². The number of nitrogens with zero attached hydrogens (tertiary/aromatic N) is 2. The minimum atomic E-state index is -0.734. The summed E-state index contributed by atoms with van der Waals surface area (Å²) in [5.41, 5.74) is 2.33. The lowest BCUT2D eigenvalue weighted by Gasteiger charge is -2.24. The largest absolute Gasteiger partial charge is 0.465 e. The van der Waals surface area contributed by atoms with E-state index in [9.17, 15) is 14.4 Å². The van der Waals surface area contributed by atoms with Crippen molar-refractivity contribution >= 4 is 23.4 Å². The molecule has 0 N–H and O–H groups in total. The van der Waals surface area contributed by atoms with Gasteiger partial charge in [0.05, 0.1) is 18.2 Å². The first-order valence-corrected chi connectivity index (χ1v) is 10.5. The number of carbonyl (C=O) groups excluding carboxylic acids is 3. The number of Topliss-reactive ketones (excluding diaryl/α,β-unsaturated/α-hetero) is 1. The van der Waals surface area contributed by atoms with Gasteiger partial charge in [0.15, 0.2) is 0 Å². The molecule has 0 saturated heterocycles. The smallest absolute Gasteiger partial charge is 0.327 e. The summed E-state index contributed by atoms with van der Waals surface area (Å²) in [7, 11) is 0. The molecule has 1 atom stereocenters. The average molecular weight is 421 g/mol. The molecule has 1 heterocycles. The molecule has 0 radical (unpaired) electrons. The molecule has 1 aliphatic rings. The zero-order valence-corrected chi connectivity index (χ0v) is 18.4. The summed E-state index contributed by atoms with van der Waals surface area (Å²) in [5, 5.41) is 5.75. The molecule has 1 unspecified atom stereocenters. The number of carbonyl (C=O) groups is 3. The third-order valence-corrected chi connectivity index (χ3v) is 5.22. The highest BCUT2D eigenvalue weighted by Gasteiger charge is 2.37. The maximum atomic E-state index is 13.5. The van der Waals surface area contributed by atoms with Gasteiger partial charge in [0.25, 0.3) is 5.91 Å². The van der Waals surface area contributed by atoms with Crippen molar-refractivity contribution in [3.05, 3.63) is 71.3 Å². The first-order chi connectivity index (χ1) is 14.7. The van der Waals surface area contributed by atoms with E-state index >= 15 is 0 Å². The number of hydrogen-bond donors (Lipinski definition) is 0. The topological polar surface area (TPSA) is 76.0 Å². The number of esters is 1. The summed E-state index contributed by atoms with van der Waals surface area (Å²) >= 11 is 0. The van der Waals surface area contributed by atoms with Crippen LogP contribution in [0.3, 0.4) is 0 Å². The number of ketones is 1. The van der Waals surface area contributed by atoms with Crippen molar-refractivity contribution in [3.8, 4) is 0 Å². The predicted molar refractivity (Wildman–Crippen MR) is 119 cm³/mol. The lowest BCUT2D eigenvalue weighted by atomic mass is 9.80. The van der Waals surface area contributed by atoms with E-state index in [0.717, 1.165) is 21.7 Å². The van der Waals surface area contributed by atoms with Crippen molar-refractivity contribution in [2.45, 2.75) is 40.0 Å². The van der Waals surface area contributed by atoms with E-state index < -0.39 is 17.3 Å². The molecule has 2 aromatic carbocycles. The minimum absolute atomic E-state index is 0.0279. The molecule has 1 aliphatic heterocycles. The van der Waals surface area contributed by atoms with Crippen LogP contribution in [-0.2, 0) is 19.1 Å². The molecule has 2 aromatic rings. The SMILES string of the molecule is CCOC(=O)CN1N=C(c2ccccc2)c2ccccc2C(CC(=O)C(C)(C)C)C1=O. The monoisotopic (exact) mass is 420 g/mol. The zero-order valence-electron chi connectivity index (χ0n) is 18.4. The second kappa shape index (κ2) is 9.25. The van der Waals surface area contributed by atoms with E-state index in [1.807, 2.05) is 75.4 Å². The normalized spacial score (nSPS) is 16.3. The van der Waals surface area contributed by atoms with Crippen LogP contribution >= 0.6 is 0 Å². The molecule has 0 aliphatic carbocycles. The van der Waals surface area contributed by atoms with Crippen LogP contribution in [0.25, 0.3) is 0 Å². The second-order valence-corrected chi connectivity index (χ2v) is 8.53. The van der Waals surface area contributed by atoms with Gasteiger partial charge in [-0.25, -0.2) is 5.01 Å². The fraction of sp³-hybridized carbons (Fsp3) is 0.360. The van der Waals surface area contributed by atoms with E-state index in [1.165, 1.54) is 0 Å². The van der Waals surface area contributed by atoms with Crippen LogP contribution in [0.4, 0.5) is 0 Å². The fourth-order valence-corrected chi connectivity index (χ4v) is 3.49. The van der Waals surface area contributed by atoms with Crippen LogP contribution in [0, 0.1) is 5.41 Å². The summed E-state index contributed by atoms with van der Waals surface area (Å²) in [6, 6.07) is 17.0. The van der Waals surface area contributed by atoms with E-state index in [-0.39, 0.29) is 31.3 Å². The van der Waals surface area contributed by atoms with E-state index in [1.54, 1.807) is 6.92 Å². The molecule has 6 heteroatoms. The van der Waals surface area contributed by atoms with Crippen molar-refractivity contribution < 1.29 is 19.1 Å². The number of rotatable bonds is 6. The van der Waals surface area contributed by atoms with Gasteiger partial charge in [-0.1, -0.05) is 75.4 Å². The number of hydrazone groups is 1. The number of hydrogen-bond acceptors (Lipinski definition) is 5. The maximum Gasteiger partial charge on any atom is 0.327 e. The molecule has 162 valence electrons. The Hall–Kier alpha value is -3.28. The number of fused-ring (bicyclic) bond motifs is 1. The molecule has 6 nitrogen and oxygen atoms in total. The van der Waals surface area contributed by atoms with Gasteiger partial charge >= 0.3 is 5.97 Å². The van der Waals surface area contributed by atoms with E-state index in [2.05, 4.69) is 5.10 Å². The van der Waals surface area contributed by atoms with Crippen LogP contribution in [0.15, 0.2) is 59.7 Å². The summed E-state index contributed by atoms with van der Waals surface area (Å²) in [6.45, 7) is 7.13. The van der Waals surface area contributed by atoms with Crippen molar-refractivity contribution in [2.24, 2.45) is 10.5 Å². The number of benzene rings is 2. The molecule has 0 saturated carbocycles. The van der Waals surface area contributed by atoms with Crippen LogP contribution in [0.2, 0.25) is 0 Å². The van der Waals surface area contributed by atoms with Crippen LogP contribution in [-0.4, -0.2) is 41.5 Å². The van der Waals surface area contributed by atoms with E-state index in [4.69, 9.17) is 4.74 Å². The van der Waals surface area contributed by atoms with E-state index in [0.29, 0.717) is 5.71 Å². The highest BCUT2D eigenvalue weighted by molar-refractivity contribution is 6.16. The summed E-state index contributed by atoms with van der Waals surface area (Å²) < 4.78 is 5.05. The predicted octanol–water partition coefficient (Wildman–Crippen LogP) is 3.93. The average Bonchev–Trinajstić information content (AvgIpc) is 2.84. The van der Waals surface area contributed by atoms with Crippen LogP contribution in [0.1, 0.15) is 56.7 Å². The van der Waals surface area contributed by atoms with Crippen molar-refractivity contribution in [3.63, 3.8) is 0 Å². The summed E-state index contributed by atoms with van der Waals surface area (Å²) in [6.07, 6.45) is 0.0380. The molecule has 31 heavy (non-hydrogen) atoms. The Kier molecular flexibility index (Phi) is 6.68. The number of amides is 1. The van der Waals surface area contributed by atoms with Gasteiger partial charge < -0.3 is 4.74 Å². The lowest BCUT2D eigenvalue weighted by Crippen LogP contribution is -2.37. The molecule has 1 amide bonds. The minimum Gasteiger partial charge on any atom is -0.465 e. The first kappa shape index (κ1) is 22.4. The summed E-state index contributed by atoms with van der Waals surface area (Å²) in [5.74, 6) is -1.69. The van der Waals surface area contributed by atoms with Gasteiger partial charge in [-0.05, 0) is 12.5 Å². The van der Waals surface area contributed by atoms with Crippen molar-refractivity contribution in [2.75, 3.05) is 13.2 Å². The van der Waals surface area contributed by atoms with Gasteiger partial charge in [0, 0.05) is 23.0 Å². The van der Waals surface area contributed by atoms with Crippen LogP contribution < -0.4 is 0 Å². The molecule has 0 aromatic heterocycles. The Bertz CT molecular complexity index is 1010. The maximum absolute atomic E-state index is 13.5. The third-order valence-electron chi connectivity index (χ3n) is 5.22. The fourth-order valence-electron chi connectivity index (χ4n) is 3.49. The zero-order chi connectivity index (χ0) is 22.6.